The van der Waals surface area contributed by atoms with E-state index in [-0.39, 0.29) is 12.5 Å². The van der Waals surface area contributed by atoms with E-state index >= 15 is 0 Å². The quantitative estimate of drug-likeness (QED) is 0.518. The van der Waals surface area contributed by atoms with Crippen molar-refractivity contribution in [1.82, 2.24) is 5.32 Å². The summed E-state index contributed by atoms with van der Waals surface area (Å²) in [5.74, 6) is 0.371. The van der Waals surface area contributed by atoms with E-state index in [0.717, 1.165) is 0 Å². The second-order valence-electron chi connectivity index (χ2n) is 8.78. The third-order valence-corrected chi connectivity index (χ3v) is 6.63. The summed E-state index contributed by atoms with van der Waals surface area (Å²) >= 11 is 0. The lowest BCUT2D eigenvalue weighted by molar-refractivity contribution is -0.135. The van der Waals surface area contributed by atoms with Gasteiger partial charge in [0.25, 0.3) is 5.91 Å². The first-order valence-electron chi connectivity index (χ1n) is 11.1. The molecule has 2 unspecified atom stereocenters. The molecule has 0 heterocycles. The highest BCUT2D eigenvalue weighted by Crippen LogP contribution is 2.43. The van der Waals surface area contributed by atoms with Gasteiger partial charge in [-0.1, -0.05) is 61.5 Å². The third kappa shape index (κ3) is 4.96. The van der Waals surface area contributed by atoms with Gasteiger partial charge in [0.15, 0.2) is 0 Å². The molecular weight excluding hydrogens is 386 g/mol. The molecule has 4 nitrogen and oxygen atoms in total. The van der Waals surface area contributed by atoms with Gasteiger partial charge in [-0.15, -0.1) is 0 Å². The second-order valence-corrected chi connectivity index (χ2v) is 8.78. The molecule has 4 rings (SSSR count). The van der Waals surface area contributed by atoms with Crippen LogP contribution < -0.4 is 5.32 Å². The molecule has 3 atom stereocenters. The maximum absolute atomic E-state index is 12.0. The van der Waals surface area contributed by atoms with Crippen LogP contribution in [0.1, 0.15) is 65.9 Å². The Morgan fingerprint density at radius 2 is 1.74 bits per heavy atom. The monoisotopic (exact) mass is 415 g/mol. The van der Waals surface area contributed by atoms with Crippen LogP contribution in [0.5, 0.6) is 0 Å². The van der Waals surface area contributed by atoms with E-state index in [1.54, 1.807) is 12.1 Å². The Labute approximate surface area is 183 Å². The SMILES string of the molecule is C[C@@H](CC1CCC(c2ccc(C(=O)NCC(=O)O)cc2)C1)c1cccc2ccccc12. The van der Waals surface area contributed by atoms with Crippen molar-refractivity contribution in [2.24, 2.45) is 5.92 Å². The number of carboxylic acids is 1. The summed E-state index contributed by atoms with van der Waals surface area (Å²) in [7, 11) is 0. The molecule has 1 amide bonds. The first kappa shape index (κ1) is 21.1. The molecule has 3 aromatic rings. The van der Waals surface area contributed by atoms with Gasteiger partial charge in [-0.05, 0) is 77.5 Å². The molecule has 0 saturated heterocycles. The fraction of sp³-hybridized carbons (Fsp3) is 0.333. The number of rotatable bonds is 7. The van der Waals surface area contributed by atoms with Crippen molar-refractivity contribution in [3.8, 4) is 0 Å². The van der Waals surface area contributed by atoms with E-state index in [0.29, 0.717) is 23.3 Å². The Hall–Kier alpha value is -3.14. The zero-order valence-corrected chi connectivity index (χ0v) is 17.9. The van der Waals surface area contributed by atoms with Crippen LogP contribution in [0.25, 0.3) is 10.8 Å². The van der Waals surface area contributed by atoms with Gasteiger partial charge in [-0.3, -0.25) is 9.59 Å². The second kappa shape index (κ2) is 9.34. The molecule has 1 aliphatic rings. The first-order chi connectivity index (χ1) is 15.0. The Bertz CT molecular complexity index is 1070. The van der Waals surface area contributed by atoms with Crippen molar-refractivity contribution < 1.29 is 14.7 Å². The van der Waals surface area contributed by atoms with Gasteiger partial charge in [-0.2, -0.15) is 0 Å². The van der Waals surface area contributed by atoms with Crippen molar-refractivity contribution in [2.45, 2.75) is 44.4 Å². The average Bonchev–Trinajstić information content (AvgIpc) is 3.25. The van der Waals surface area contributed by atoms with E-state index in [9.17, 15) is 9.59 Å². The van der Waals surface area contributed by atoms with Crippen molar-refractivity contribution in [1.29, 1.82) is 0 Å². The molecular formula is C27H29NO3. The molecule has 0 radical (unpaired) electrons. The minimum atomic E-state index is -1.04. The van der Waals surface area contributed by atoms with Crippen molar-refractivity contribution in [3.63, 3.8) is 0 Å². The van der Waals surface area contributed by atoms with Gasteiger partial charge >= 0.3 is 5.97 Å². The summed E-state index contributed by atoms with van der Waals surface area (Å²) in [5, 5.41) is 13.8. The van der Waals surface area contributed by atoms with Gasteiger partial charge in [-0.25, -0.2) is 0 Å². The Balaban J connectivity index is 1.37. The van der Waals surface area contributed by atoms with Gasteiger partial charge in [0.05, 0.1) is 0 Å². The van der Waals surface area contributed by atoms with E-state index in [1.165, 1.54) is 47.6 Å². The predicted octanol–water partition coefficient (Wildman–Crippen LogP) is 5.73. The van der Waals surface area contributed by atoms with Crippen LogP contribution >= 0.6 is 0 Å². The number of aliphatic carboxylic acids is 1. The lowest BCUT2D eigenvalue weighted by atomic mass is 9.86. The van der Waals surface area contributed by atoms with Crippen LogP contribution in [0.15, 0.2) is 66.7 Å². The number of amides is 1. The lowest BCUT2D eigenvalue weighted by Crippen LogP contribution is -2.29. The number of hydrogen-bond acceptors (Lipinski definition) is 2. The van der Waals surface area contributed by atoms with E-state index in [4.69, 9.17) is 5.11 Å². The minimum absolute atomic E-state index is 0.345. The summed E-state index contributed by atoms with van der Waals surface area (Å²) in [5.41, 5.74) is 3.22. The molecule has 0 spiro atoms. The third-order valence-electron chi connectivity index (χ3n) is 6.63. The van der Waals surface area contributed by atoms with Crippen LogP contribution in [-0.4, -0.2) is 23.5 Å². The van der Waals surface area contributed by atoms with Crippen molar-refractivity contribution in [3.05, 3.63) is 83.4 Å². The molecule has 1 fully saturated rings. The lowest BCUT2D eigenvalue weighted by Gasteiger charge is -2.19. The summed E-state index contributed by atoms with van der Waals surface area (Å²) in [6, 6.07) is 22.9. The number of hydrogen-bond donors (Lipinski definition) is 2. The highest BCUT2D eigenvalue weighted by Gasteiger charge is 2.27. The average molecular weight is 416 g/mol. The first-order valence-corrected chi connectivity index (χ1v) is 11.1. The smallest absolute Gasteiger partial charge is 0.322 e. The van der Waals surface area contributed by atoms with Gasteiger partial charge < -0.3 is 10.4 Å². The molecule has 0 aromatic heterocycles. The van der Waals surface area contributed by atoms with Gasteiger partial charge in [0.1, 0.15) is 6.54 Å². The Kier molecular flexibility index (Phi) is 6.36. The molecule has 0 bridgehead atoms. The predicted molar refractivity (Wildman–Crippen MR) is 123 cm³/mol. The van der Waals surface area contributed by atoms with E-state index in [1.807, 2.05) is 12.1 Å². The highest BCUT2D eigenvalue weighted by atomic mass is 16.4. The normalized spacial score (nSPS) is 19.3. The molecule has 2 N–H and O–H groups in total. The summed E-state index contributed by atoms with van der Waals surface area (Å²) < 4.78 is 0. The molecule has 4 heteroatoms. The van der Waals surface area contributed by atoms with Crippen molar-refractivity contribution in [2.75, 3.05) is 6.54 Å². The molecule has 1 saturated carbocycles. The standard InChI is InChI=1S/C27H29NO3/c1-18(24-8-4-6-21-5-2-3-7-25(21)24)15-19-9-10-23(16-19)20-11-13-22(14-12-20)27(31)28-17-26(29)30/h2-8,11-14,18-19,23H,9-10,15-17H2,1H3,(H,28,31)(H,29,30)/t18-,19?,23?/m0/s1. The molecule has 3 aromatic carbocycles. The van der Waals surface area contributed by atoms with Crippen LogP contribution in [0, 0.1) is 5.92 Å². The molecule has 0 aliphatic heterocycles. The number of carbonyl (C=O) groups excluding carboxylic acids is 1. The molecule has 160 valence electrons. The van der Waals surface area contributed by atoms with Gasteiger partial charge in [0, 0.05) is 5.56 Å². The molecule has 1 aliphatic carbocycles. The molecule has 31 heavy (non-hydrogen) atoms. The van der Waals surface area contributed by atoms with Crippen LogP contribution in [0.4, 0.5) is 0 Å². The zero-order chi connectivity index (χ0) is 21.8. The highest BCUT2D eigenvalue weighted by molar-refractivity contribution is 5.95. The van der Waals surface area contributed by atoms with Crippen molar-refractivity contribution >= 4 is 22.6 Å². The Morgan fingerprint density at radius 1 is 1.00 bits per heavy atom. The number of fused-ring (bicyclic) bond motifs is 1. The minimum Gasteiger partial charge on any atom is -0.480 e. The zero-order valence-electron chi connectivity index (χ0n) is 17.9. The van der Waals surface area contributed by atoms with E-state index in [2.05, 4.69) is 54.7 Å². The largest absolute Gasteiger partial charge is 0.480 e. The Morgan fingerprint density at radius 3 is 2.52 bits per heavy atom. The van der Waals surface area contributed by atoms with Crippen LogP contribution in [-0.2, 0) is 4.79 Å². The summed E-state index contributed by atoms with van der Waals surface area (Å²) in [4.78, 5) is 22.6. The number of nitrogens with one attached hydrogen (secondary N) is 1. The maximum atomic E-state index is 12.0. The summed E-state index contributed by atoms with van der Waals surface area (Å²) in [6.45, 7) is 1.99. The van der Waals surface area contributed by atoms with Crippen LogP contribution in [0.2, 0.25) is 0 Å². The number of benzene rings is 3. The van der Waals surface area contributed by atoms with Gasteiger partial charge in [0.2, 0.25) is 0 Å². The van der Waals surface area contributed by atoms with Crippen LogP contribution in [0.3, 0.4) is 0 Å². The summed E-state index contributed by atoms with van der Waals surface area (Å²) in [6.07, 6.45) is 4.79. The topological polar surface area (TPSA) is 66.4 Å². The fourth-order valence-electron chi connectivity index (χ4n) is 5.06. The number of carbonyl (C=O) groups is 2. The maximum Gasteiger partial charge on any atom is 0.322 e. The number of carboxylic acid groups (broad SMARTS) is 1. The van der Waals surface area contributed by atoms with E-state index < -0.39 is 5.97 Å². The fourth-order valence-corrected chi connectivity index (χ4v) is 5.06.